The van der Waals surface area contributed by atoms with Crippen LogP contribution in [0.4, 0.5) is 10.5 Å². The maximum Gasteiger partial charge on any atom is 0.407 e. The van der Waals surface area contributed by atoms with Crippen molar-refractivity contribution in [2.45, 2.75) is 37.7 Å². The smallest absolute Gasteiger partial charge is 0.407 e. The molecule has 3 unspecified atom stereocenters. The van der Waals surface area contributed by atoms with Gasteiger partial charge in [-0.2, -0.15) is 10.2 Å². The Bertz CT molecular complexity index is 1260. The first-order valence-corrected chi connectivity index (χ1v) is 12.0. The SMILES string of the molecule is CC(C)(C)C1C(n2cc(NC(=O)C3(c4cn[nH]c4)NC=CS3)c(-c3ccccn3)n2)CN1C(=O)O. The van der Waals surface area contributed by atoms with Crippen LogP contribution >= 0.6 is 11.8 Å². The third kappa shape index (κ3) is 3.93. The summed E-state index contributed by atoms with van der Waals surface area (Å²) in [5.74, 6) is -0.293. The van der Waals surface area contributed by atoms with E-state index in [-0.39, 0.29) is 23.4 Å². The van der Waals surface area contributed by atoms with Gasteiger partial charge in [-0.05, 0) is 23.0 Å². The van der Waals surface area contributed by atoms with Gasteiger partial charge in [0, 0.05) is 36.9 Å². The number of aromatic nitrogens is 5. The highest BCUT2D eigenvalue weighted by Crippen LogP contribution is 2.43. The Labute approximate surface area is 206 Å². The molecule has 1 fully saturated rings. The summed E-state index contributed by atoms with van der Waals surface area (Å²) < 4.78 is 1.76. The summed E-state index contributed by atoms with van der Waals surface area (Å²) in [6.07, 6.45) is 7.49. The number of amides is 2. The molecule has 0 saturated carbocycles. The summed E-state index contributed by atoms with van der Waals surface area (Å²) in [5, 5.41) is 29.2. The van der Waals surface area contributed by atoms with E-state index in [4.69, 9.17) is 5.10 Å². The molecule has 1 saturated heterocycles. The van der Waals surface area contributed by atoms with Crippen molar-refractivity contribution >= 4 is 29.4 Å². The van der Waals surface area contributed by atoms with Crippen molar-refractivity contribution in [3.63, 3.8) is 0 Å². The van der Waals surface area contributed by atoms with Crippen LogP contribution in [0.5, 0.6) is 0 Å². The lowest BCUT2D eigenvalue weighted by atomic mass is 9.76. The number of nitrogens with zero attached hydrogens (tertiary/aromatic N) is 5. The highest BCUT2D eigenvalue weighted by molar-refractivity contribution is 8.04. The first kappa shape index (κ1) is 23.0. The Balaban J connectivity index is 1.51. The number of nitrogens with one attached hydrogen (secondary N) is 3. The van der Waals surface area contributed by atoms with Crippen LogP contribution in [-0.4, -0.2) is 59.6 Å². The molecule has 5 heterocycles. The number of carbonyl (C=O) groups excluding carboxylic acids is 1. The fourth-order valence-corrected chi connectivity index (χ4v) is 5.56. The highest BCUT2D eigenvalue weighted by Gasteiger charge is 2.50. The monoisotopic (exact) mass is 494 g/mol. The topological polar surface area (TPSA) is 141 Å². The number of aromatic amines is 1. The van der Waals surface area contributed by atoms with E-state index in [0.29, 0.717) is 29.2 Å². The minimum atomic E-state index is -1.08. The van der Waals surface area contributed by atoms with E-state index in [2.05, 4.69) is 25.8 Å². The quantitative estimate of drug-likeness (QED) is 0.424. The standard InChI is InChI=1S/C23H26N8O3S/c1-22(2,3)19-17(13-30(19)21(33)34)31-12-16(18(29-31)15-6-4-5-7-24-15)28-20(32)23(25-8-9-35-23)14-10-26-27-11-14/h4-12,17,19,25H,13H2,1-3H3,(H,26,27)(H,28,32)(H,33,34). The van der Waals surface area contributed by atoms with Gasteiger partial charge in [0.05, 0.1) is 29.7 Å². The molecule has 3 aromatic heterocycles. The van der Waals surface area contributed by atoms with Crippen LogP contribution in [0.25, 0.3) is 11.4 Å². The van der Waals surface area contributed by atoms with Crippen LogP contribution in [0, 0.1) is 5.41 Å². The first-order chi connectivity index (χ1) is 16.7. The predicted octanol–water partition coefficient (Wildman–Crippen LogP) is 3.22. The number of rotatable bonds is 5. The van der Waals surface area contributed by atoms with Crippen molar-refractivity contribution in [3.8, 4) is 11.4 Å². The predicted molar refractivity (Wildman–Crippen MR) is 131 cm³/mol. The Morgan fingerprint density at radius 3 is 2.74 bits per heavy atom. The van der Waals surface area contributed by atoms with Gasteiger partial charge in [0.2, 0.25) is 0 Å². The maximum absolute atomic E-state index is 13.6. The molecule has 0 radical (unpaired) electrons. The molecule has 2 aliphatic rings. The van der Waals surface area contributed by atoms with E-state index in [1.807, 2.05) is 44.4 Å². The fraction of sp³-hybridized carbons (Fsp3) is 0.348. The molecule has 12 heteroatoms. The second-order valence-corrected chi connectivity index (χ2v) is 10.7. The third-order valence-corrected chi connectivity index (χ3v) is 7.43. The van der Waals surface area contributed by atoms with Crippen molar-refractivity contribution in [3.05, 3.63) is 60.2 Å². The average molecular weight is 495 g/mol. The van der Waals surface area contributed by atoms with Crippen LogP contribution in [0.3, 0.4) is 0 Å². The van der Waals surface area contributed by atoms with Gasteiger partial charge in [-0.25, -0.2) is 4.79 Å². The molecular formula is C23H26N8O3S. The maximum atomic E-state index is 13.6. The van der Waals surface area contributed by atoms with Gasteiger partial charge in [-0.15, -0.1) is 0 Å². The van der Waals surface area contributed by atoms with Gasteiger partial charge in [0.25, 0.3) is 5.91 Å². The molecule has 4 N–H and O–H groups in total. The van der Waals surface area contributed by atoms with Crippen molar-refractivity contribution in [2.24, 2.45) is 5.41 Å². The molecule has 5 rings (SSSR count). The lowest BCUT2D eigenvalue weighted by molar-refractivity contribution is -0.119. The number of likely N-dealkylation sites (tertiary alicyclic amines) is 1. The van der Waals surface area contributed by atoms with E-state index in [0.717, 1.165) is 0 Å². The molecule has 35 heavy (non-hydrogen) atoms. The second kappa shape index (κ2) is 8.45. The molecule has 0 bridgehead atoms. The Hall–Kier alpha value is -3.80. The third-order valence-electron chi connectivity index (χ3n) is 6.27. The second-order valence-electron chi connectivity index (χ2n) is 9.59. The Kier molecular flexibility index (Phi) is 5.55. The summed E-state index contributed by atoms with van der Waals surface area (Å²) in [4.78, 5) is 30.2. The normalized spacial score (nSPS) is 23.6. The number of H-pyrrole nitrogens is 1. The Morgan fingerprint density at radius 2 is 2.14 bits per heavy atom. The molecule has 3 aromatic rings. The van der Waals surface area contributed by atoms with E-state index in [9.17, 15) is 14.7 Å². The van der Waals surface area contributed by atoms with Gasteiger partial charge in [0.15, 0.2) is 4.87 Å². The van der Waals surface area contributed by atoms with Crippen LogP contribution in [0.1, 0.15) is 32.4 Å². The molecule has 182 valence electrons. The molecule has 0 aromatic carbocycles. The van der Waals surface area contributed by atoms with Crippen LogP contribution in [0.15, 0.2) is 54.6 Å². The van der Waals surface area contributed by atoms with Crippen molar-refractivity contribution in [2.75, 3.05) is 11.9 Å². The van der Waals surface area contributed by atoms with Gasteiger partial charge in [0.1, 0.15) is 5.69 Å². The molecule has 3 atom stereocenters. The zero-order valence-corrected chi connectivity index (χ0v) is 20.3. The van der Waals surface area contributed by atoms with Gasteiger partial charge < -0.3 is 20.6 Å². The number of thioether (sulfide) groups is 1. The number of pyridine rings is 1. The van der Waals surface area contributed by atoms with E-state index >= 15 is 0 Å². The highest BCUT2D eigenvalue weighted by atomic mass is 32.2. The molecular weight excluding hydrogens is 468 g/mol. The summed E-state index contributed by atoms with van der Waals surface area (Å²) >= 11 is 1.33. The van der Waals surface area contributed by atoms with Gasteiger partial charge in [-0.1, -0.05) is 38.6 Å². The summed E-state index contributed by atoms with van der Waals surface area (Å²) in [6, 6.07) is 5.04. The van der Waals surface area contributed by atoms with Crippen molar-refractivity contribution in [1.82, 2.24) is 35.2 Å². The Morgan fingerprint density at radius 1 is 1.31 bits per heavy atom. The van der Waals surface area contributed by atoms with Gasteiger partial charge >= 0.3 is 6.09 Å². The summed E-state index contributed by atoms with van der Waals surface area (Å²) in [7, 11) is 0. The molecule has 2 aliphatic heterocycles. The van der Waals surface area contributed by atoms with Crippen molar-refractivity contribution < 1.29 is 14.7 Å². The zero-order chi connectivity index (χ0) is 24.8. The van der Waals surface area contributed by atoms with E-state index in [1.54, 1.807) is 35.7 Å². The van der Waals surface area contributed by atoms with Gasteiger partial charge in [-0.3, -0.25) is 19.6 Å². The number of anilines is 1. The molecule has 0 spiro atoms. The molecule has 0 aliphatic carbocycles. The number of hydrogen-bond donors (Lipinski definition) is 4. The first-order valence-electron chi connectivity index (χ1n) is 11.1. The number of hydrogen-bond acceptors (Lipinski definition) is 7. The van der Waals surface area contributed by atoms with Crippen LogP contribution in [-0.2, 0) is 9.67 Å². The van der Waals surface area contributed by atoms with E-state index < -0.39 is 11.0 Å². The molecule has 11 nitrogen and oxygen atoms in total. The number of carboxylic acid groups (broad SMARTS) is 1. The van der Waals surface area contributed by atoms with Crippen LogP contribution < -0.4 is 10.6 Å². The van der Waals surface area contributed by atoms with Crippen molar-refractivity contribution in [1.29, 1.82) is 0 Å². The fourth-order valence-electron chi connectivity index (χ4n) is 4.68. The minimum absolute atomic E-state index is 0.178. The summed E-state index contributed by atoms with van der Waals surface area (Å²) in [6.45, 7) is 6.34. The lowest BCUT2D eigenvalue weighted by Gasteiger charge is -2.52. The number of carbonyl (C=O) groups is 2. The van der Waals surface area contributed by atoms with Crippen LogP contribution in [0.2, 0.25) is 0 Å². The molecule has 2 amide bonds. The van der Waals surface area contributed by atoms with E-state index in [1.165, 1.54) is 16.7 Å². The minimum Gasteiger partial charge on any atom is -0.465 e. The lowest BCUT2D eigenvalue weighted by Crippen LogP contribution is -2.63. The average Bonchev–Trinajstić information content (AvgIpc) is 3.53. The zero-order valence-electron chi connectivity index (χ0n) is 19.5. The largest absolute Gasteiger partial charge is 0.465 e. The summed E-state index contributed by atoms with van der Waals surface area (Å²) in [5.41, 5.74) is 1.99.